The number of nitrogens with zero attached hydrogens (tertiary/aromatic N) is 1. The zero-order valence-electron chi connectivity index (χ0n) is 11.0. The predicted octanol–water partition coefficient (Wildman–Crippen LogP) is 3.43. The zero-order chi connectivity index (χ0) is 11.8. The second-order valence-electron chi connectivity index (χ2n) is 6.48. The summed E-state index contributed by atoms with van der Waals surface area (Å²) in [4.78, 5) is 4.95. The van der Waals surface area contributed by atoms with Crippen molar-refractivity contribution in [1.82, 2.24) is 5.32 Å². The molecule has 1 unspecified atom stereocenters. The van der Waals surface area contributed by atoms with Crippen LogP contribution in [0.5, 0.6) is 0 Å². The van der Waals surface area contributed by atoms with Crippen molar-refractivity contribution in [1.29, 1.82) is 0 Å². The number of nitrogens with one attached hydrogen (secondary N) is 1. The Morgan fingerprint density at radius 1 is 1.25 bits per heavy atom. The monoisotopic (exact) mass is 240 g/mol. The molecule has 2 nitrogen and oxygen atoms in total. The van der Waals surface area contributed by atoms with Crippen molar-refractivity contribution in [2.75, 3.05) is 5.75 Å². The molecule has 0 aromatic carbocycles. The van der Waals surface area contributed by atoms with E-state index in [9.17, 15) is 0 Å². The van der Waals surface area contributed by atoms with Gasteiger partial charge in [0.15, 0.2) is 5.17 Å². The third-order valence-electron chi connectivity index (χ3n) is 3.74. The van der Waals surface area contributed by atoms with Gasteiger partial charge in [-0.1, -0.05) is 38.5 Å². The first-order chi connectivity index (χ1) is 7.39. The fourth-order valence-electron chi connectivity index (χ4n) is 2.54. The van der Waals surface area contributed by atoms with Gasteiger partial charge in [-0.2, -0.15) is 0 Å². The summed E-state index contributed by atoms with van der Waals surface area (Å²) in [6, 6.07) is 0.519. The summed E-state index contributed by atoms with van der Waals surface area (Å²) < 4.78 is 0. The average Bonchev–Trinajstić information content (AvgIpc) is 2.49. The molecule has 0 bridgehead atoms. The van der Waals surface area contributed by atoms with Crippen molar-refractivity contribution in [3.8, 4) is 0 Å². The summed E-state index contributed by atoms with van der Waals surface area (Å²) in [5.74, 6) is 1.14. The van der Waals surface area contributed by atoms with Crippen LogP contribution in [0, 0.1) is 5.41 Å². The molecule has 0 radical (unpaired) electrons. The van der Waals surface area contributed by atoms with E-state index in [2.05, 4.69) is 33.0 Å². The standard InChI is InChI=1S/C13H24N2S/c1-12(2)8-6-5-7-10(12)14-11-15-13(3,4)9-16-11/h10H,5-9H2,1-4H3,(H,14,15). The van der Waals surface area contributed by atoms with Gasteiger partial charge in [-0.25, -0.2) is 0 Å². The molecule has 0 aromatic heterocycles. The number of hydrogen-bond acceptors (Lipinski definition) is 2. The summed E-state index contributed by atoms with van der Waals surface area (Å²) >= 11 is 1.88. The highest BCUT2D eigenvalue weighted by Crippen LogP contribution is 2.38. The molecule has 2 aliphatic rings. The van der Waals surface area contributed by atoms with Crippen molar-refractivity contribution < 1.29 is 0 Å². The fraction of sp³-hybridized carbons (Fsp3) is 0.923. The van der Waals surface area contributed by atoms with E-state index >= 15 is 0 Å². The molecule has 1 saturated carbocycles. The Morgan fingerprint density at radius 3 is 2.56 bits per heavy atom. The SMILES string of the molecule is CC1(C)CSC(=NC2CCCCC2(C)C)N1. The zero-order valence-corrected chi connectivity index (χ0v) is 11.8. The van der Waals surface area contributed by atoms with Crippen LogP contribution in [0.15, 0.2) is 4.99 Å². The summed E-state index contributed by atoms with van der Waals surface area (Å²) in [7, 11) is 0. The van der Waals surface area contributed by atoms with E-state index in [0.29, 0.717) is 11.5 Å². The number of aliphatic imine (C=N–C) groups is 1. The minimum Gasteiger partial charge on any atom is -0.359 e. The van der Waals surface area contributed by atoms with Gasteiger partial charge in [0.25, 0.3) is 0 Å². The van der Waals surface area contributed by atoms with E-state index < -0.39 is 0 Å². The summed E-state index contributed by atoms with van der Waals surface area (Å²) in [6.07, 6.45) is 5.31. The van der Waals surface area contributed by atoms with Gasteiger partial charge in [0.2, 0.25) is 0 Å². The summed E-state index contributed by atoms with van der Waals surface area (Å²) in [5, 5.41) is 4.70. The van der Waals surface area contributed by atoms with Crippen LogP contribution in [0.2, 0.25) is 0 Å². The lowest BCUT2D eigenvalue weighted by Crippen LogP contribution is -2.38. The van der Waals surface area contributed by atoms with Crippen LogP contribution >= 0.6 is 11.8 Å². The van der Waals surface area contributed by atoms with Crippen LogP contribution in [0.3, 0.4) is 0 Å². The van der Waals surface area contributed by atoms with E-state index in [0.717, 1.165) is 5.75 Å². The molecule has 1 aliphatic heterocycles. The van der Waals surface area contributed by atoms with Gasteiger partial charge in [-0.15, -0.1) is 0 Å². The first kappa shape index (κ1) is 12.3. The number of amidine groups is 1. The Bertz CT molecular complexity index is 294. The van der Waals surface area contributed by atoms with Gasteiger partial charge in [0.1, 0.15) is 0 Å². The highest BCUT2D eigenvalue weighted by Gasteiger charge is 2.34. The Labute approximate surface area is 104 Å². The normalized spacial score (nSPS) is 35.0. The first-order valence-electron chi connectivity index (χ1n) is 6.38. The molecule has 1 aliphatic carbocycles. The van der Waals surface area contributed by atoms with Crippen molar-refractivity contribution in [3.05, 3.63) is 0 Å². The van der Waals surface area contributed by atoms with E-state index in [1.54, 1.807) is 0 Å². The summed E-state index contributed by atoms with van der Waals surface area (Å²) in [6.45, 7) is 9.22. The molecule has 2 fully saturated rings. The van der Waals surface area contributed by atoms with E-state index in [1.165, 1.54) is 30.9 Å². The Balaban J connectivity index is 2.06. The molecule has 92 valence electrons. The maximum absolute atomic E-state index is 4.95. The topological polar surface area (TPSA) is 24.4 Å². The van der Waals surface area contributed by atoms with Gasteiger partial charge in [0.05, 0.1) is 6.04 Å². The van der Waals surface area contributed by atoms with Crippen molar-refractivity contribution >= 4 is 16.9 Å². The highest BCUT2D eigenvalue weighted by atomic mass is 32.2. The number of thioether (sulfide) groups is 1. The molecule has 2 rings (SSSR count). The molecular weight excluding hydrogens is 216 g/mol. The van der Waals surface area contributed by atoms with Crippen LogP contribution in [-0.4, -0.2) is 22.5 Å². The van der Waals surface area contributed by atoms with Crippen molar-refractivity contribution in [2.45, 2.75) is 65.0 Å². The average molecular weight is 240 g/mol. The molecule has 0 amide bonds. The molecule has 0 spiro atoms. The van der Waals surface area contributed by atoms with Crippen LogP contribution in [0.4, 0.5) is 0 Å². The molecule has 1 atom stereocenters. The number of hydrogen-bond donors (Lipinski definition) is 1. The molecule has 1 heterocycles. The Hall–Kier alpha value is -0.180. The van der Waals surface area contributed by atoms with Gasteiger partial charge in [-0.05, 0) is 32.1 Å². The Morgan fingerprint density at radius 2 is 2.00 bits per heavy atom. The minimum absolute atomic E-state index is 0.225. The van der Waals surface area contributed by atoms with E-state index in [1.807, 2.05) is 11.8 Å². The third kappa shape index (κ3) is 2.73. The largest absolute Gasteiger partial charge is 0.359 e. The molecule has 16 heavy (non-hydrogen) atoms. The third-order valence-corrected chi connectivity index (χ3v) is 5.09. The van der Waals surface area contributed by atoms with Gasteiger partial charge >= 0.3 is 0 Å². The van der Waals surface area contributed by atoms with Crippen molar-refractivity contribution in [2.24, 2.45) is 10.4 Å². The lowest BCUT2D eigenvalue weighted by atomic mass is 9.73. The van der Waals surface area contributed by atoms with E-state index in [-0.39, 0.29) is 5.54 Å². The van der Waals surface area contributed by atoms with Gasteiger partial charge in [0, 0.05) is 11.3 Å². The summed E-state index contributed by atoms with van der Waals surface area (Å²) in [5.41, 5.74) is 0.614. The molecule has 3 heteroatoms. The van der Waals surface area contributed by atoms with Crippen LogP contribution in [0.1, 0.15) is 53.4 Å². The predicted molar refractivity (Wildman–Crippen MR) is 73.1 cm³/mol. The molecular formula is C13H24N2S. The minimum atomic E-state index is 0.225. The fourth-order valence-corrected chi connectivity index (χ4v) is 3.66. The van der Waals surface area contributed by atoms with Crippen LogP contribution in [0.25, 0.3) is 0 Å². The first-order valence-corrected chi connectivity index (χ1v) is 7.36. The number of rotatable bonds is 1. The quantitative estimate of drug-likeness (QED) is 0.759. The highest BCUT2D eigenvalue weighted by molar-refractivity contribution is 8.14. The Kier molecular flexibility index (Phi) is 3.26. The van der Waals surface area contributed by atoms with Gasteiger partial charge < -0.3 is 5.32 Å². The second kappa shape index (κ2) is 4.25. The van der Waals surface area contributed by atoms with Crippen molar-refractivity contribution in [3.63, 3.8) is 0 Å². The van der Waals surface area contributed by atoms with Gasteiger partial charge in [-0.3, -0.25) is 4.99 Å². The van der Waals surface area contributed by atoms with Crippen LogP contribution in [-0.2, 0) is 0 Å². The maximum atomic E-state index is 4.95. The molecule has 1 saturated heterocycles. The maximum Gasteiger partial charge on any atom is 0.157 e. The van der Waals surface area contributed by atoms with Crippen LogP contribution < -0.4 is 5.32 Å². The lowest BCUT2D eigenvalue weighted by molar-refractivity contribution is 0.204. The lowest BCUT2D eigenvalue weighted by Gasteiger charge is -2.36. The van der Waals surface area contributed by atoms with E-state index in [4.69, 9.17) is 4.99 Å². The smallest absolute Gasteiger partial charge is 0.157 e. The molecule has 0 aromatic rings. The second-order valence-corrected chi connectivity index (χ2v) is 7.45. The molecule has 1 N–H and O–H groups in total.